The fourth-order valence-electron chi connectivity index (χ4n) is 1.62. The van der Waals surface area contributed by atoms with Crippen LogP contribution in [0.25, 0.3) is 0 Å². The van der Waals surface area contributed by atoms with Crippen LogP contribution in [0.1, 0.15) is 15.9 Å². The van der Waals surface area contributed by atoms with Gasteiger partial charge in [-0.2, -0.15) is 0 Å². The van der Waals surface area contributed by atoms with Gasteiger partial charge in [-0.25, -0.2) is 0 Å². The monoisotopic (exact) mass is 382 g/mol. The van der Waals surface area contributed by atoms with Gasteiger partial charge in [0.25, 0.3) is 5.91 Å². The van der Waals surface area contributed by atoms with E-state index in [9.17, 15) is 4.79 Å². The summed E-state index contributed by atoms with van der Waals surface area (Å²) in [5.41, 5.74) is 8.59. The summed E-state index contributed by atoms with van der Waals surface area (Å²) >= 11 is 6.79. The summed E-state index contributed by atoms with van der Waals surface area (Å²) in [5.74, 6) is -0.165. The van der Waals surface area contributed by atoms with E-state index >= 15 is 0 Å². The zero-order valence-corrected chi connectivity index (χ0v) is 13.4. The molecule has 0 unspecified atom stereocenters. The second-order valence-corrected chi connectivity index (χ2v) is 5.87. The lowest BCUT2D eigenvalue weighted by atomic mass is 10.1. The lowest BCUT2D eigenvalue weighted by Crippen LogP contribution is -2.12. The second-order valence-electron chi connectivity index (χ2n) is 4.16. The molecule has 3 nitrogen and oxygen atoms in total. The largest absolute Gasteiger partial charge is 0.399 e. The van der Waals surface area contributed by atoms with Crippen LogP contribution in [0, 0.1) is 6.92 Å². The maximum atomic E-state index is 12.2. The van der Waals surface area contributed by atoms with Crippen LogP contribution in [-0.4, -0.2) is 5.91 Å². The first-order valence-electron chi connectivity index (χ1n) is 5.60. The highest BCUT2D eigenvalue weighted by Crippen LogP contribution is 2.25. The second kappa shape index (κ2) is 5.75. The number of hydrogen-bond acceptors (Lipinski definition) is 2. The minimum Gasteiger partial charge on any atom is -0.399 e. The minimum absolute atomic E-state index is 0.165. The van der Waals surface area contributed by atoms with Gasteiger partial charge in [-0.3, -0.25) is 4.79 Å². The van der Waals surface area contributed by atoms with E-state index in [2.05, 4.69) is 37.2 Å². The SMILES string of the molecule is Cc1cc(C(=O)Nc2cc(N)ccc2Br)ccc1Br. The third-order valence-corrected chi connectivity index (χ3v) is 4.24. The van der Waals surface area contributed by atoms with Crippen LogP contribution in [0.4, 0.5) is 11.4 Å². The third kappa shape index (κ3) is 3.36. The molecule has 5 heteroatoms. The van der Waals surface area contributed by atoms with Crippen molar-refractivity contribution in [3.05, 3.63) is 56.5 Å². The van der Waals surface area contributed by atoms with Crippen molar-refractivity contribution in [1.29, 1.82) is 0 Å². The molecule has 2 rings (SSSR count). The van der Waals surface area contributed by atoms with Crippen molar-refractivity contribution in [3.63, 3.8) is 0 Å². The smallest absolute Gasteiger partial charge is 0.255 e. The van der Waals surface area contributed by atoms with Crippen LogP contribution < -0.4 is 11.1 Å². The van der Waals surface area contributed by atoms with Crippen LogP contribution in [0.3, 0.4) is 0 Å². The molecule has 19 heavy (non-hydrogen) atoms. The van der Waals surface area contributed by atoms with Crippen molar-refractivity contribution < 1.29 is 4.79 Å². The maximum Gasteiger partial charge on any atom is 0.255 e. The third-order valence-electron chi connectivity index (χ3n) is 2.66. The predicted molar refractivity (Wildman–Crippen MR) is 85.4 cm³/mol. The standard InChI is InChI=1S/C14H12Br2N2O/c1-8-6-9(2-4-11(8)15)14(19)18-13-7-10(17)3-5-12(13)16/h2-7H,17H2,1H3,(H,18,19). The lowest BCUT2D eigenvalue weighted by Gasteiger charge is -2.09. The summed E-state index contributed by atoms with van der Waals surface area (Å²) in [7, 11) is 0. The van der Waals surface area contributed by atoms with Crippen LogP contribution in [0.2, 0.25) is 0 Å². The number of carbonyl (C=O) groups excluding carboxylic acids is 1. The zero-order valence-electron chi connectivity index (χ0n) is 10.2. The molecule has 0 aliphatic carbocycles. The Kier molecular flexibility index (Phi) is 4.27. The highest BCUT2D eigenvalue weighted by atomic mass is 79.9. The van der Waals surface area contributed by atoms with Gasteiger partial charge in [0.05, 0.1) is 5.69 Å². The number of nitrogens with two attached hydrogens (primary N) is 1. The fourth-order valence-corrected chi connectivity index (χ4v) is 2.21. The van der Waals surface area contributed by atoms with Crippen molar-refractivity contribution in [3.8, 4) is 0 Å². The number of nitrogens with one attached hydrogen (secondary N) is 1. The number of hydrogen-bond donors (Lipinski definition) is 2. The van der Waals surface area contributed by atoms with Gasteiger partial charge < -0.3 is 11.1 Å². The molecule has 0 spiro atoms. The molecule has 0 aliphatic rings. The van der Waals surface area contributed by atoms with E-state index in [4.69, 9.17) is 5.73 Å². The van der Waals surface area contributed by atoms with E-state index in [1.807, 2.05) is 19.1 Å². The topological polar surface area (TPSA) is 55.1 Å². The van der Waals surface area contributed by atoms with Gasteiger partial charge in [0.1, 0.15) is 0 Å². The van der Waals surface area contributed by atoms with Crippen molar-refractivity contribution in [2.24, 2.45) is 0 Å². The molecule has 0 aliphatic heterocycles. The summed E-state index contributed by atoms with van der Waals surface area (Å²) in [6, 6.07) is 10.7. The van der Waals surface area contributed by atoms with Gasteiger partial charge in [0.15, 0.2) is 0 Å². The average Bonchev–Trinajstić information content (AvgIpc) is 2.37. The number of benzene rings is 2. The van der Waals surface area contributed by atoms with E-state index in [-0.39, 0.29) is 5.91 Å². The molecule has 98 valence electrons. The van der Waals surface area contributed by atoms with E-state index < -0.39 is 0 Å². The first kappa shape index (κ1) is 14.1. The molecule has 0 bridgehead atoms. The van der Waals surface area contributed by atoms with Crippen LogP contribution in [0.5, 0.6) is 0 Å². The first-order valence-corrected chi connectivity index (χ1v) is 7.18. The van der Waals surface area contributed by atoms with Gasteiger partial charge in [-0.1, -0.05) is 15.9 Å². The number of anilines is 2. The number of rotatable bonds is 2. The maximum absolute atomic E-state index is 12.2. The molecule has 1 amide bonds. The number of halogens is 2. The Balaban J connectivity index is 2.25. The van der Waals surface area contributed by atoms with Gasteiger partial charge in [-0.15, -0.1) is 0 Å². The van der Waals surface area contributed by atoms with Gasteiger partial charge in [0, 0.05) is 20.2 Å². The summed E-state index contributed by atoms with van der Waals surface area (Å²) in [6.07, 6.45) is 0. The minimum atomic E-state index is -0.165. The zero-order chi connectivity index (χ0) is 14.0. The predicted octanol–water partition coefficient (Wildman–Crippen LogP) is 4.35. The van der Waals surface area contributed by atoms with Crippen LogP contribution in [-0.2, 0) is 0 Å². The van der Waals surface area contributed by atoms with Crippen molar-refractivity contribution >= 4 is 49.1 Å². The molecule has 0 saturated heterocycles. The Bertz CT molecular complexity index is 641. The molecule has 0 fully saturated rings. The molecule has 0 heterocycles. The summed E-state index contributed by atoms with van der Waals surface area (Å²) in [6.45, 7) is 1.94. The highest BCUT2D eigenvalue weighted by Gasteiger charge is 2.09. The molecular weight excluding hydrogens is 372 g/mol. The van der Waals surface area contributed by atoms with E-state index in [0.717, 1.165) is 14.5 Å². The van der Waals surface area contributed by atoms with Gasteiger partial charge in [-0.05, 0) is 64.8 Å². The Morgan fingerprint density at radius 3 is 2.47 bits per heavy atom. The van der Waals surface area contributed by atoms with Crippen molar-refractivity contribution in [2.45, 2.75) is 6.92 Å². The molecule has 0 radical (unpaired) electrons. The number of aryl methyl sites for hydroxylation is 1. The Morgan fingerprint density at radius 2 is 1.79 bits per heavy atom. The number of nitrogen functional groups attached to an aromatic ring is 1. The van der Waals surface area contributed by atoms with E-state index in [1.54, 1.807) is 24.3 Å². The summed E-state index contributed by atoms with van der Waals surface area (Å²) in [4.78, 5) is 12.2. The highest BCUT2D eigenvalue weighted by molar-refractivity contribution is 9.10. The van der Waals surface area contributed by atoms with Crippen molar-refractivity contribution in [1.82, 2.24) is 0 Å². The Hall–Kier alpha value is -1.33. The Labute approximate surface area is 128 Å². The van der Waals surface area contributed by atoms with Gasteiger partial charge >= 0.3 is 0 Å². The number of amides is 1. The molecule has 2 aromatic rings. The summed E-state index contributed by atoms with van der Waals surface area (Å²) < 4.78 is 1.78. The molecular formula is C14H12Br2N2O. The molecule has 0 atom stereocenters. The van der Waals surface area contributed by atoms with E-state index in [0.29, 0.717) is 16.9 Å². The van der Waals surface area contributed by atoms with Crippen LogP contribution in [0.15, 0.2) is 45.3 Å². The number of carbonyl (C=O) groups is 1. The molecule has 0 aromatic heterocycles. The fraction of sp³-hybridized carbons (Fsp3) is 0.0714. The van der Waals surface area contributed by atoms with Gasteiger partial charge in [0.2, 0.25) is 0 Å². The van der Waals surface area contributed by atoms with Crippen molar-refractivity contribution in [2.75, 3.05) is 11.1 Å². The lowest BCUT2D eigenvalue weighted by molar-refractivity contribution is 0.102. The average molecular weight is 384 g/mol. The first-order chi connectivity index (χ1) is 8.97. The quantitative estimate of drug-likeness (QED) is 0.757. The molecule has 0 saturated carbocycles. The van der Waals surface area contributed by atoms with Crippen LogP contribution >= 0.6 is 31.9 Å². The molecule has 3 N–H and O–H groups in total. The normalized spacial score (nSPS) is 10.3. The van der Waals surface area contributed by atoms with E-state index in [1.165, 1.54) is 0 Å². The molecule has 2 aromatic carbocycles. The Morgan fingerprint density at radius 1 is 1.11 bits per heavy atom. The summed E-state index contributed by atoms with van der Waals surface area (Å²) in [5, 5.41) is 2.83.